The van der Waals surface area contributed by atoms with Crippen molar-refractivity contribution in [1.82, 2.24) is 5.32 Å². The number of carbonyl (C=O) groups is 1. The lowest BCUT2D eigenvalue weighted by molar-refractivity contribution is -0.305. The van der Waals surface area contributed by atoms with Crippen LogP contribution in [0.15, 0.2) is 0 Å². The predicted octanol–water partition coefficient (Wildman–Crippen LogP) is -1.26. The second-order valence-electron chi connectivity index (χ2n) is 1.58. The van der Waals surface area contributed by atoms with Gasteiger partial charge in [0.15, 0.2) is 0 Å². The highest BCUT2D eigenvalue weighted by Crippen LogP contribution is 1.81. The third kappa shape index (κ3) is 5.43. The molecule has 0 fully saturated rings. The highest BCUT2D eigenvalue weighted by atomic mass is 16.4. The first-order chi connectivity index (χ1) is 3.77. The number of rotatable bonds is 4. The normalized spacial score (nSPS) is 9.12. The van der Waals surface area contributed by atoms with Gasteiger partial charge in [0.1, 0.15) is 0 Å². The molecule has 0 saturated heterocycles. The first-order valence-corrected chi connectivity index (χ1v) is 2.62. The molecule has 48 valence electrons. The van der Waals surface area contributed by atoms with Crippen LogP contribution in [0, 0.1) is 0 Å². The number of hydrogen-bond acceptors (Lipinski definition) is 3. The van der Waals surface area contributed by atoms with E-state index in [2.05, 4.69) is 5.32 Å². The monoisotopic (exact) mass is 116 g/mol. The summed E-state index contributed by atoms with van der Waals surface area (Å²) >= 11 is 0. The predicted molar refractivity (Wildman–Crippen MR) is 28.2 cm³/mol. The van der Waals surface area contributed by atoms with E-state index in [0.29, 0.717) is 6.42 Å². The van der Waals surface area contributed by atoms with E-state index in [-0.39, 0.29) is 6.42 Å². The maximum atomic E-state index is 9.74. The summed E-state index contributed by atoms with van der Waals surface area (Å²) < 4.78 is 0. The molecule has 0 aromatic carbocycles. The largest absolute Gasteiger partial charge is 0.550 e. The molecule has 8 heavy (non-hydrogen) atoms. The van der Waals surface area contributed by atoms with Crippen LogP contribution in [0.25, 0.3) is 0 Å². The van der Waals surface area contributed by atoms with Crippen LogP contribution < -0.4 is 10.4 Å². The van der Waals surface area contributed by atoms with Gasteiger partial charge < -0.3 is 15.2 Å². The fourth-order valence-corrected chi connectivity index (χ4v) is 0.410. The van der Waals surface area contributed by atoms with Crippen LogP contribution in [-0.2, 0) is 4.79 Å². The second-order valence-corrected chi connectivity index (χ2v) is 1.58. The number of carboxylic acid groups (broad SMARTS) is 1. The Morgan fingerprint density at radius 3 is 2.75 bits per heavy atom. The maximum absolute atomic E-state index is 9.74. The van der Waals surface area contributed by atoms with Gasteiger partial charge in [0.05, 0.1) is 0 Å². The maximum Gasteiger partial charge on any atom is 0.0414 e. The van der Waals surface area contributed by atoms with E-state index in [1.807, 2.05) is 0 Å². The van der Waals surface area contributed by atoms with Crippen LogP contribution in [0.1, 0.15) is 12.8 Å². The summed E-state index contributed by atoms with van der Waals surface area (Å²) in [6, 6.07) is 0. The molecule has 0 aliphatic heterocycles. The average molecular weight is 116 g/mol. The molecule has 0 spiro atoms. The lowest BCUT2D eigenvalue weighted by atomic mass is 10.3. The molecule has 3 nitrogen and oxygen atoms in total. The Hall–Kier alpha value is -0.570. The van der Waals surface area contributed by atoms with Crippen molar-refractivity contribution in [3.05, 3.63) is 0 Å². The van der Waals surface area contributed by atoms with Crippen LogP contribution in [0.2, 0.25) is 0 Å². The molecule has 0 aromatic rings. The van der Waals surface area contributed by atoms with Gasteiger partial charge in [-0.05, 0) is 26.4 Å². The molecule has 0 aliphatic carbocycles. The zero-order valence-electron chi connectivity index (χ0n) is 4.94. The molecule has 0 bridgehead atoms. The van der Waals surface area contributed by atoms with Crippen molar-refractivity contribution in [2.75, 3.05) is 13.6 Å². The summed E-state index contributed by atoms with van der Waals surface area (Å²) in [6.45, 7) is 0.744. The van der Waals surface area contributed by atoms with E-state index < -0.39 is 5.97 Å². The molecule has 3 heteroatoms. The Morgan fingerprint density at radius 1 is 1.75 bits per heavy atom. The Bertz CT molecular complexity index is 72.8. The van der Waals surface area contributed by atoms with Gasteiger partial charge in [0, 0.05) is 5.97 Å². The quantitative estimate of drug-likeness (QED) is 0.466. The minimum absolute atomic E-state index is 0.154. The Morgan fingerprint density at radius 2 is 2.38 bits per heavy atom. The number of hydrogen-bond donors (Lipinski definition) is 1. The minimum atomic E-state index is -0.972. The van der Waals surface area contributed by atoms with Crippen molar-refractivity contribution in [3.8, 4) is 0 Å². The molecule has 0 rings (SSSR count). The number of aliphatic carboxylic acids is 1. The van der Waals surface area contributed by atoms with E-state index in [1.165, 1.54) is 0 Å². The van der Waals surface area contributed by atoms with Crippen molar-refractivity contribution >= 4 is 5.97 Å². The average Bonchev–Trinajstić information content (AvgIpc) is 1.66. The van der Waals surface area contributed by atoms with Crippen LogP contribution in [-0.4, -0.2) is 19.6 Å². The molecule has 0 unspecified atom stereocenters. The number of nitrogens with one attached hydrogen (secondary N) is 1. The third-order valence-electron chi connectivity index (χ3n) is 0.808. The molecule has 1 N–H and O–H groups in total. The molecular weight excluding hydrogens is 106 g/mol. The van der Waals surface area contributed by atoms with Crippen LogP contribution in [0.3, 0.4) is 0 Å². The first-order valence-electron chi connectivity index (χ1n) is 2.62. The summed E-state index contributed by atoms with van der Waals surface area (Å²) in [4.78, 5) is 9.74. The topological polar surface area (TPSA) is 52.2 Å². The number of carboxylic acids is 1. The highest BCUT2D eigenvalue weighted by Gasteiger charge is 1.83. The van der Waals surface area contributed by atoms with E-state index in [4.69, 9.17) is 0 Å². The first kappa shape index (κ1) is 7.43. The van der Waals surface area contributed by atoms with Crippen molar-refractivity contribution in [1.29, 1.82) is 0 Å². The minimum Gasteiger partial charge on any atom is -0.550 e. The zero-order valence-corrected chi connectivity index (χ0v) is 4.94. The van der Waals surface area contributed by atoms with Crippen molar-refractivity contribution < 1.29 is 9.90 Å². The number of carbonyl (C=O) groups excluding carboxylic acids is 1. The Labute approximate surface area is 48.7 Å². The SMILES string of the molecule is CNCCCC(=O)[O-]. The third-order valence-corrected chi connectivity index (χ3v) is 0.808. The van der Waals surface area contributed by atoms with Gasteiger partial charge >= 0.3 is 0 Å². The van der Waals surface area contributed by atoms with Crippen LogP contribution >= 0.6 is 0 Å². The van der Waals surface area contributed by atoms with Crippen LogP contribution in [0.4, 0.5) is 0 Å². The van der Waals surface area contributed by atoms with Crippen molar-refractivity contribution in [3.63, 3.8) is 0 Å². The summed E-state index contributed by atoms with van der Waals surface area (Å²) in [5.74, 6) is -0.972. The Balaban J connectivity index is 2.82. The molecule has 0 aromatic heterocycles. The van der Waals surface area contributed by atoms with Crippen molar-refractivity contribution in [2.24, 2.45) is 0 Å². The molecule has 0 aliphatic rings. The zero-order chi connectivity index (χ0) is 6.41. The molecule has 0 heterocycles. The summed E-state index contributed by atoms with van der Waals surface area (Å²) in [7, 11) is 1.79. The fourth-order valence-electron chi connectivity index (χ4n) is 0.410. The van der Waals surface area contributed by atoms with Gasteiger partial charge in [0.25, 0.3) is 0 Å². The lowest BCUT2D eigenvalue weighted by Crippen LogP contribution is -2.23. The molecule has 0 atom stereocenters. The van der Waals surface area contributed by atoms with Gasteiger partial charge in [-0.3, -0.25) is 0 Å². The fraction of sp³-hybridized carbons (Fsp3) is 0.800. The smallest absolute Gasteiger partial charge is 0.0414 e. The van der Waals surface area contributed by atoms with E-state index in [9.17, 15) is 9.90 Å². The van der Waals surface area contributed by atoms with Gasteiger partial charge in [0.2, 0.25) is 0 Å². The summed E-state index contributed by atoms with van der Waals surface area (Å²) in [6.07, 6.45) is 0.805. The standard InChI is InChI=1S/C5H11NO2/c1-6-4-2-3-5(7)8/h6H,2-4H2,1H3,(H,7,8)/p-1. The van der Waals surface area contributed by atoms with Gasteiger partial charge in [-0.25, -0.2) is 0 Å². The second kappa shape index (κ2) is 4.59. The van der Waals surface area contributed by atoms with E-state index >= 15 is 0 Å². The van der Waals surface area contributed by atoms with Gasteiger partial charge in [-0.15, -0.1) is 0 Å². The van der Waals surface area contributed by atoms with Crippen LogP contribution in [0.5, 0.6) is 0 Å². The summed E-state index contributed by atoms with van der Waals surface area (Å²) in [5.41, 5.74) is 0. The van der Waals surface area contributed by atoms with E-state index in [0.717, 1.165) is 6.54 Å². The Kier molecular flexibility index (Phi) is 4.26. The lowest BCUT2D eigenvalue weighted by Gasteiger charge is -1.98. The van der Waals surface area contributed by atoms with Gasteiger partial charge in [-0.1, -0.05) is 0 Å². The molecule has 0 radical (unpaired) electrons. The molecular formula is C5H10NO2-. The van der Waals surface area contributed by atoms with Gasteiger partial charge in [-0.2, -0.15) is 0 Å². The summed E-state index contributed by atoms with van der Waals surface area (Å²) in [5, 5.41) is 12.6. The molecule has 0 saturated carbocycles. The highest BCUT2D eigenvalue weighted by molar-refractivity contribution is 5.64. The molecule has 0 amide bonds. The van der Waals surface area contributed by atoms with E-state index in [1.54, 1.807) is 7.05 Å². The van der Waals surface area contributed by atoms with Crippen molar-refractivity contribution in [2.45, 2.75) is 12.8 Å².